The van der Waals surface area contributed by atoms with E-state index < -0.39 is 23.5 Å². The van der Waals surface area contributed by atoms with Crippen molar-refractivity contribution in [3.8, 4) is 11.5 Å². The zero-order valence-electron chi connectivity index (χ0n) is 12.5. The van der Waals surface area contributed by atoms with E-state index >= 15 is 0 Å². The maximum atomic E-state index is 14.4. The topological polar surface area (TPSA) is 93.1 Å². The molecule has 8 heteroatoms. The Morgan fingerprint density at radius 1 is 1.39 bits per heavy atom. The van der Waals surface area contributed by atoms with E-state index in [0.717, 1.165) is 11.3 Å². The van der Waals surface area contributed by atoms with E-state index in [9.17, 15) is 19.1 Å². The molecule has 6 nitrogen and oxygen atoms in total. The van der Waals surface area contributed by atoms with Gasteiger partial charge in [0.2, 0.25) is 0 Å². The van der Waals surface area contributed by atoms with Crippen LogP contribution in [0.3, 0.4) is 0 Å². The molecule has 0 bridgehead atoms. The van der Waals surface area contributed by atoms with Gasteiger partial charge >= 0.3 is 5.97 Å². The van der Waals surface area contributed by atoms with E-state index in [2.05, 4.69) is 4.74 Å². The van der Waals surface area contributed by atoms with Gasteiger partial charge in [-0.25, -0.2) is 4.39 Å². The minimum absolute atomic E-state index is 0.130. The quantitative estimate of drug-likeness (QED) is 0.593. The normalized spacial score (nSPS) is 12.3. The maximum Gasteiger partial charge on any atom is 0.306 e. The lowest BCUT2D eigenvalue weighted by Gasteiger charge is -2.08. The van der Waals surface area contributed by atoms with Gasteiger partial charge in [0.1, 0.15) is 0 Å². The van der Waals surface area contributed by atoms with Gasteiger partial charge in [-0.2, -0.15) is 0 Å². The number of methoxy groups -OCH3 is 1. The minimum atomic E-state index is -1.07. The second-order valence-corrected chi connectivity index (χ2v) is 6.06. The van der Waals surface area contributed by atoms with Crippen LogP contribution in [0.2, 0.25) is 0 Å². The highest BCUT2D eigenvalue weighted by molar-refractivity contribution is 7.20. The van der Waals surface area contributed by atoms with Gasteiger partial charge in [-0.3, -0.25) is 9.59 Å². The molecule has 1 heterocycles. The first-order valence-electron chi connectivity index (χ1n) is 6.67. The predicted molar refractivity (Wildman–Crippen MR) is 81.7 cm³/mol. The van der Waals surface area contributed by atoms with Crippen LogP contribution in [-0.2, 0) is 9.53 Å². The second-order valence-electron chi connectivity index (χ2n) is 4.98. The van der Waals surface area contributed by atoms with Crippen LogP contribution in [0, 0.1) is 11.7 Å². The fraction of sp³-hybridized carbons (Fsp3) is 0.333. The van der Waals surface area contributed by atoms with Gasteiger partial charge in [0.15, 0.2) is 29.9 Å². The molecule has 0 saturated carbocycles. The number of carboxylic acids is 1. The standard InChI is InChI=1S/C15H15FO6S/c1-7(15(19)20)3-9(17)12-4-8-11(23-12)5-10(18)14(13(8)16)22-6-21-2/h4-5,7,18H,3,6H2,1-2H3,(H,19,20). The van der Waals surface area contributed by atoms with Gasteiger partial charge in [0.05, 0.1) is 10.8 Å². The van der Waals surface area contributed by atoms with Gasteiger partial charge in [-0.15, -0.1) is 11.3 Å². The molecule has 0 aliphatic heterocycles. The Kier molecular flexibility index (Phi) is 5.17. The lowest BCUT2D eigenvalue weighted by Crippen LogP contribution is -2.13. The monoisotopic (exact) mass is 342 g/mol. The molecule has 1 aromatic heterocycles. The number of carbonyl (C=O) groups is 2. The summed E-state index contributed by atoms with van der Waals surface area (Å²) in [5, 5.41) is 18.8. The molecule has 1 unspecified atom stereocenters. The Balaban J connectivity index is 2.37. The molecule has 2 rings (SSSR count). The number of benzene rings is 1. The lowest BCUT2D eigenvalue weighted by molar-refractivity contribution is -0.141. The molecule has 124 valence electrons. The van der Waals surface area contributed by atoms with E-state index in [1.807, 2.05) is 0 Å². The van der Waals surface area contributed by atoms with Crippen molar-refractivity contribution >= 4 is 33.2 Å². The molecular formula is C15H15FO6S. The van der Waals surface area contributed by atoms with E-state index in [0.29, 0.717) is 4.70 Å². The highest BCUT2D eigenvalue weighted by atomic mass is 32.1. The number of thiophene rings is 1. The number of Topliss-reactive ketones (excluding diaryl/α,β-unsaturated/α-hetero) is 1. The molecule has 1 atom stereocenters. The van der Waals surface area contributed by atoms with Crippen LogP contribution in [0.1, 0.15) is 23.0 Å². The summed E-state index contributed by atoms with van der Waals surface area (Å²) >= 11 is 0.991. The Hall–Kier alpha value is -2.19. The molecule has 0 spiro atoms. The fourth-order valence-electron chi connectivity index (χ4n) is 1.97. The van der Waals surface area contributed by atoms with Crippen LogP contribution in [0.15, 0.2) is 12.1 Å². The molecule has 0 fully saturated rings. The number of hydrogen-bond donors (Lipinski definition) is 2. The summed E-state index contributed by atoms with van der Waals surface area (Å²) < 4.78 is 24.4. The summed E-state index contributed by atoms with van der Waals surface area (Å²) in [5.41, 5.74) is 0. The van der Waals surface area contributed by atoms with Crippen molar-refractivity contribution in [3.63, 3.8) is 0 Å². The number of ketones is 1. The summed E-state index contributed by atoms with van der Waals surface area (Å²) in [6, 6.07) is 2.64. The summed E-state index contributed by atoms with van der Waals surface area (Å²) in [5.74, 6) is -3.83. The Labute approximate surface area is 135 Å². The van der Waals surface area contributed by atoms with Crippen molar-refractivity contribution in [2.45, 2.75) is 13.3 Å². The molecule has 0 radical (unpaired) electrons. The zero-order chi connectivity index (χ0) is 17.1. The lowest BCUT2D eigenvalue weighted by atomic mass is 10.0. The van der Waals surface area contributed by atoms with Crippen molar-refractivity contribution in [1.82, 2.24) is 0 Å². The number of phenolic OH excluding ortho intramolecular Hbond substituents is 1. The highest BCUT2D eigenvalue weighted by Gasteiger charge is 2.22. The number of carboxylic acid groups (broad SMARTS) is 1. The first kappa shape index (κ1) is 17.2. The average molecular weight is 342 g/mol. The summed E-state index contributed by atoms with van der Waals surface area (Å²) in [7, 11) is 1.36. The number of rotatable bonds is 7. The number of carbonyl (C=O) groups excluding carboxylic acids is 1. The van der Waals surface area contributed by atoms with Crippen molar-refractivity contribution < 1.29 is 33.7 Å². The van der Waals surface area contributed by atoms with Crippen LogP contribution < -0.4 is 4.74 Å². The fourth-order valence-corrected chi connectivity index (χ4v) is 3.01. The number of halogens is 1. The third-order valence-corrected chi connectivity index (χ3v) is 4.33. The number of fused-ring (bicyclic) bond motifs is 1. The highest BCUT2D eigenvalue weighted by Crippen LogP contribution is 2.39. The summed E-state index contributed by atoms with van der Waals surface area (Å²) in [6.45, 7) is 1.19. The van der Waals surface area contributed by atoms with Gasteiger partial charge in [0.25, 0.3) is 0 Å². The van der Waals surface area contributed by atoms with Crippen molar-refractivity contribution in [2.75, 3.05) is 13.9 Å². The van der Waals surface area contributed by atoms with Crippen LogP contribution in [0.25, 0.3) is 10.1 Å². The van der Waals surface area contributed by atoms with Gasteiger partial charge in [-0.05, 0) is 6.07 Å². The van der Waals surface area contributed by atoms with E-state index in [1.54, 1.807) is 0 Å². The number of aliphatic carboxylic acids is 1. The Morgan fingerprint density at radius 2 is 2.09 bits per heavy atom. The molecule has 0 aliphatic rings. The average Bonchev–Trinajstić information content (AvgIpc) is 2.91. The second kappa shape index (κ2) is 6.93. The largest absolute Gasteiger partial charge is 0.504 e. The van der Waals surface area contributed by atoms with E-state index in [4.69, 9.17) is 9.84 Å². The molecule has 0 saturated heterocycles. The molecular weight excluding hydrogens is 327 g/mol. The third kappa shape index (κ3) is 3.59. The van der Waals surface area contributed by atoms with Crippen molar-refractivity contribution in [1.29, 1.82) is 0 Å². The van der Waals surface area contributed by atoms with Gasteiger partial charge in [0, 0.05) is 29.7 Å². The van der Waals surface area contributed by atoms with Crippen LogP contribution in [0.4, 0.5) is 4.39 Å². The first-order valence-corrected chi connectivity index (χ1v) is 7.49. The van der Waals surface area contributed by atoms with Crippen LogP contribution in [-0.4, -0.2) is 35.9 Å². The SMILES string of the molecule is COCOc1c(O)cc2sc(C(=O)CC(C)C(=O)O)cc2c1F. The van der Waals surface area contributed by atoms with Gasteiger partial charge in [-0.1, -0.05) is 6.92 Å². The first-order chi connectivity index (χ1) is 10.8. The molecule has 1 aromatic carbocycles. The van der Waals surface area contributed by atoms with Crippen LogP contribution in [0.5, 0.6) is 11.5 Å². The van der Waals surface area contributed by atoms with E-state index in [1.165, 1.54) is 26.2 Å². The maximum absolute atomic E-state index is 14.4. The van der Waals surface area contributed by atoms with Gasteiger partial charge < -0.3 is 19.7 Å². The summed E-state index contributed by atoms with van der Waals surface area (Å²) in [6.07, 6.45) is -0.178. The smallest absolute Gasteiger partial charge is 0.306 e. The van der Waals surface area contributed by atoms with Crippen molar-refractivity contribution in [2.24, 2.45) is 5.92 Å². The third-order valence-electron chi connectivity index (χ3n) is 3.21. The molecule has 0 amide bonds. The Morgan fingerprint density at radius 3 is 2.70 bits per heavy atom. The zero-order valence-corrected chi connectivity index (χ0v) is 13.3. The van der Waals surface area contributed by atoms with E-state index in [-0.39, 0.29) is 35.0 Å². The minimum Gasteiger partial charge on any atom is -0.504 e. The Bertz CT molecular complexity index is 754. The number of hydrogen-bond acceptors (Lipinski definition) is 6. The molecule has 2 aromatic rings. The van der Waals surface area contributed by atoms with Crippen LogP contribution >= 0.6 is 11.3 Å². The molecule has 23 heavy (non-hydrogen) atoms. The number of aromatic hydroxyl groups is 1. The number of ether oxygens (including phenoxy) is 2. The predicted octanol–water partition coefficient (Wildman–Crippen LogP) is 3.02. The number of phenols is 1. The molecule has 0 aliphatic carbocycles. The summed E-state index contributed by atoms with van der Waals surface area (Å²) in [4.78, 5) is 23.1. The molecule has 2 N–H and O–H groups in total. The van der Waals surface area contributed by atoms with Crippen molar-refractivity contribution in [3.05, 3.63) is 22.8 Å².